The Morgan fingerprint density at radius 1 is 0.962 bits per heavy atom. The van der Waals surface area contributed by atoms with Gasteiger partial charge in [0, 0.05) is 19.1 Å². The van der Waals surface area contributed by atoms with Crippen molar-refractivity contribution in [2.45, 2.75) is 28.7 Å². The summed E-state index contributed by atoms with van der Waals surface area (Å²) in [7, 11) is -7.73. The van der Waals surface area contributed by atoms with Crippen molar-refractivity contribution in [3.8, 4) is 0 Å². The highest BCUT2D eigenvalue weighted by atomic mass is 32.2. The molecule has 12 heteroatoms. The quantitative estimate of drug-likeness (QED) is 0.711. The smallest absolute Gasteiger partial charge is 0.417 e. The van der Waals surface area contributed by atoms with E-state index in [9.17, 15) is 26.4 Å². The number of carbonyl (C=O) groups is 2. The van der Waals surface area contributed by atoms with Crippen LogP contribution in [-0.4, -0.2) is 63.8 Å². The van der Waals surface area contributed by atoms with Gasteiger partial charge in [-0.05, 0) is 37.1 Å². The number of imide groups is 1. The van der Waals surface area contributed by atoms with Crippen molar-refractivity contribution in [1.29, 1.82) is 0 Å². The SMILES string of the molecule is NS(=O)(=O)c1ccc(S(=O)(=O)N2CCC(N3C(=O)COC3=O)CC2)cc1. The number of hydrogen-bond acceptors (Lipinski definition) is 7. The zero-order valence-corrected chi connectivity index (χ0v) is 15.2. The molecule has 2 saturated heterocycles. The van der Waals surface area contributed by atoms with Crippen LogP contribution in [0.3, 0.4) is 0 Å². The van der Waals surface area contributed by atoms with Crippen LogP contribution >= 0.6 is 0 Å². The Bertz CT molecular complexity index is 917. The Labute approximate surface area is 150 Å². The van der Waals surface area contributed by atoms with Crippen LogP contribution < -0.4 is 5.14 Å². The van der Waals surface area contributed by atoms with E-state index >= 15 is 0 Å². The molecule has 0 spiro atoms. The molecule has 2 N–H and O–H groups in total. The van der Waals surface area contributed by atoms with Gasteiger partial charge in [-0.25, -0.2) is 31.7 Å². The predicted molar refractivity (Wildman–Crippen MR) is 87.8 cm³/mol. The lowest BCUT2D eigenvalue weighted by atomic mass is 10.1. The molecule has 0 saturated carbocycles. The second kappa shape index (κ2) is 6.61. The van der Waals surface area contributed by atoms with Gasteiger partial charge in [-0.3, -0.25) is 4.79 Å². The van der Waals surface area contributed by atoms with E-state index in [1.807, 2.05) is 0 Å². The number of primary sulfonamides is 1. The first-order valence-corrected chi connectivity index (χ1v) is 10.7. The number of carbonyl (C=O) groups excluding carboxylic acids is 2. The first-order valence-electron chi connectivity index (χ1n) is 7.72. The highest BCUT2D eigenvalue weighted by molar-refractivity contribution is 7.89. The lowest BCUT2D eigenvalue weighted by Crippen LogP contribution is -2.48. The maximum absolute atomic E-state index is 12.7. The van der Waals surface area contributed by atoms with Gasteiger partial charge in [0.2, 0.25) is 20.0 Å². The molecule has 10 nitrogen and oxygen atoms in total. The van der Waals surface area contributed by atoms with Gasteiger partial charge in [0.05, 0.1) is 9.79 Å². The lowest BCUT2D eigenvalue weighted by Gasteiger charge is -2.33. The Balaban J connectivity index is 1.72. The molecule has 2 fully saturated rings. The Morgan fingerprint density at radius 2 is 1.50 bits per heavy atom. The summed E-state index contributed by atoms with van der Waals surface area (Å²) >= 11 is 0. The summed E-state index contributed by atoms with van der Waals surface area (Å²) in [5, 5.41) is 5.00. The highest BCUT2D eigenvalue weighted by Crippen LogP contribution is 2.25. The average molecular weight is 403 g/mol. The molecule has 2 aliphatic heterocycles. The summed E-state index contributed by atoms with van der Waals surface area (Å²) in [6.45, 7) is -0.0320. The lowest BCUT2D eigenvalue weighted by molar-refractivity contribution is -0.127. The topological polar surface area (TPSA) is 144 Å². The van der Waals surface area contributed by atoms with Crippen LogP contribution in [0, 0.1) is 0 Å². The van der Waals surface area contributed by atoms with E-state index in [0.717, 1.165) is 17.0 Å². The summed E-state index contributed by atoms with van der Waals surface area (Å²) in [6.07, 6.45) is -0.0973. The number of nitrogens with zero attached hydrogens (tertiary/aromatic N) is 2. The molecule has 0 radical (unpaired) electrons. The Kier molecular flexibility index (Phi) is 4.77. The van der Waals surface area contributed by atoms with Gasteiger partial charge in [-0.15, -0.1) is 0 Å². The predicted octanol–water partition coefficient (Wildman–Crippen LogP) is -0.534. The van der Waals surface area contributed by atoms with Gasteiger partial charge in [0.15, 0.2) is 6.61 Å². The van der Waals surface area contributed by atoms with Crippen LogP contribution in [0.5, 0.6) is 0 Å². The van der Waals surface area contributed by atoms with Gasteiger partial charge in [0.1, 0.15) is 0 Å². The fourth-order valence-electron chi connectivity index (χ4n) is 3.01. The van der Waals surface area contributed by atoms with E-state index in [1.54, 1.807) is 0 Å². The number of amides is 2. The minimum Gasteiger partial charge on any atom is -0.439 e. The summed E-state index contributed by atoms with van der Waals surface area (Å²) in [6, 6.07) is 4.24. The standard InChI is InChI=1S/C14H17N3O7S2/c15-25(20,21)11-1-3-12(4-2-11)26(22,23)16-7-5-10(6-8-16)17-13(18)9-24-14(17)19/h1-4,10H,5-9H2,(H2,15,20,21). The van der Waals surface area contributed by atoms with Crippen molar-refractivity contribution in [2.75, 3.05) is 19.7 Å². The summed E-state index contributed by atoms with van der Waals surface area (Å²) in [4.78, 5) is 24.1. The van der Waals surface area contributed by atoms with Gasteiger partial charge in [0.25, 0.3) is 5.91 Å². The number of sulfonamides is 2. The molecule has 3 rings (SSSR count). The number of nitrogens with two attached hydrogens (primary N) is 1. The minimum absolute atomic E-state index is 0.0555. The maximum atomic E-state index is 12.7. The van der Waals surface area contributed by atoms with Gasteiger partial charge >= 0.3 is 6.09 Å². The summed E-state index contributed by atoms with van der Waals surface area (Å²) < 4.78 is 53.8. The molecule has 0 bridgehead atoms. The fourth-order valence-corrected chi connectivity index (χ4v) is 4.99. The third-order valence-corrected chi connectivity index (χ3v) is 7.21. The molecule has 0 atom stereocenters. The third kappa shape index (κ3) is 3.45. The van der Waals surface area contributed by atoms with E-state index in [0.29, 0.717) is 12.8 Å². The highest BCUT2D eigenvalue weighted by Gasteiger charge is 2.40. The van der Waals surface area contributed by atoms with Crippen LogP contribution in [0.4, 0.5) is 4.79 Å². The van der Waals surface area contributed by atoms with E-state index in [4.69, 9.17) is 5.14 Å². The second-order valence-electron chi connectivity index (χ2n) is 5.97. The molecule has 1 aromatic rings. The molecule has 0 unspecified atom stereocenters. The average Bonchev–Trinajstić information content (AvgIpc) is 2.93. The molecule has 142 valence electrons. The van der Waals surface area contributed by atoms with Gasteiger partial charge < -0.3 is 4.74 Å². The number of rotatable bonds is 4. The van der Waals surface area contributed by atoms with Crippen molar-refractivity contribution < 1.29 is 31.2 Å². The van der Waals surface area contributed by atoms with Gasteiger partial charge in [-0.2, -0.15) is 4.31 Å². The second-order valence-corrected chi connectivity index (χ2v) is 9.47. The van der Waals surface area contributed by atoms with Crippen molar-refractivity contribution in [2.24, 2.45) is 5.14 Å². The summed E-state index contributed by atoms with van der Waals surface area (Å²) in [5.41, 5.74) is 0. The normalized spacial score (nSPS) is 20.4. The van der Waals surface area contributed by atoms with Crippen molar-refractivity contribution in [3.63, 3.8) is 0 Å². The van der Waals surface area contributed by atoms with E-state index < -0.39 is 38.1 Å². The van der Waals surface area contributed by atoms with Crippen molar-refractivity contribution >= 4 is 32.0 Å². The molecule has 26 heavy (non-hydrogen) atoms. The molecule has 0 aliphatic carbocycles. The zero-order valence-electron chi connectivity index (χ0n) is 13.6. The number of ether oxygens (including phenoxy) is 1. The van der Waals surface area contributed by atoms with Gasteiger partial charge in [-0.1, -0.05) is 0 Å². The van der Waals surface area contributed by atoms with Crippen LogP contribution in [0.15, 0.2) is 34.1 Å². The molecular weight excluding hydrogens is 386 g/mol. The maximum Gasteiger partial charge on any atom is 0.417 e. The van der Waals surface area contributed by atoms with E-state index in [2.05, 4.69) is 4.74 Å². The largest absolute Gasteiger partial charge is 0.439 e. The molecule has 2 heterocycles. The van der Waals surface area contributed by atoms with Crippen molar-refractivity contribution in [1.82, 2.24) is 9.21 Å². The molecule has 2 aliphatic rings. The monoisotopic (exact) mass is 403 g/mol. The number of benzene rings is 1. The number of cyclic esters (lactones) is 1. The molecule has 1 aromatic carbocycles. The minimum atomic E-state index is -3.91. The Hall–Kier alpha value is -2.02. The van der Waals surface area contributed by atoms with E-state index in [-0.39, 0.29) is 29.5 Å². The number of hydrogen-bond donors (Lipinski definition) is 1. The molecule has 0 aromatic heterocycles. The third-order valence-electron chi connectivity index (χ3n) is 4.36. The Morgan fingerprint density at radius 3 is 1.96 bits per heavy atom. The number of piperidine rings is 1. The van der Waals surface area contributed by atoms with Crippen LogP contribution in [0.1, 0.15) is 12.8 Å². The first kappa shape index (κ1) is 18.8. The van der Waals surface area contributed by atoms with Crippen LogP contribution in [-0.2, 0) is 29.6 Å². The zero-order chi connectivity index (χ0) is 19.1. The van der Waals surface area contributed by atoms with E-state index in [1.165, 1.54) is 16.4 Å². The van der Waals surface area contributed by atoms with Crippen molar-refractivity contribution in [3.05, 3.63) is 24.3 Å². The summed E-state index contributed by atoms with van der Waals surface area (Å²) in [5.74, 6) is -0.421. The fraction of sp³-hybridized carbons (Fsp3) is 0.429. The van der Waals surface area contributed by atoms with Crippen LogP contribution in [0.25, 0.3) is 0 Å². The molecule has 2 amide bonds. The first-order chi connectivity index (χ1) is 12.1. The van der Waals surface area contributed by atoms with Crippen LogP contribution in [0.2, 0.25) is 0 Å². The molecular formula is C14H17N3O7S2.